The van der Waals surface area contributed by atoms with Crippen molar-refractivity contribution in [2.24, 2.45) is 0 Å². The van der Waals surface area contributed by atoms with E-state index in [1.807, 2.05) is 18.2 Å². The number of nitrogens with zero attached hydrogens (tertiary/aromatic N) is 2. The van der Waals surface area contributed by atoms with Crippen LogP contribution in [0.3, 0.4) is 0 Å². The second kappa shape index (κ2) is 16.5. The Morgan fingerprint density at radius 3 is 2.61 bits per heavy atom. The van der Waals surface area contributed by atoms with Crippen LogP contribution in [0, 0.1) is 11.8 Å². The minimum atomic E-state index is -5.67. The largest absolute Gasteiger partial charge is 0.490 e. The molecule has 3 rings (SSSR count). The maximum absolute atomic E-state index is 12.4. The van der Waals surface area contributed by atoms with Gasteiger partial charge in [0.15, 0.2) is 0 Å². The molecule has 2 aromatic heterocycles. The highest BCUT2D eigenvalue weighted by Crippen LogP contribution is 2.66. The van der Waals surface area contributed by atoms with Crippen LogP contribution in [0.4, 0.5) is 0 Å². The number of ether oxygens (including phenoxy) is 1. The van der Waals surface area contributed by atoms with Gasteiger partial charge in [0, 0.05) is 36.6 Å². The van der Waals surface area contributed by atoms with Gasteiger partial charge in [-0.15, -0.1) is 0 Å². The van der Waals surface area contributed by atoms with Gasteiger partial charge in [0.1, 0.15) is 11.3 Å². The van der Waals surface area contributed by atoms with Gasteiger partial charge < -0.3 is 29.6 Å². The van der Waals surface area contributed by atoms with Crippen molar-refractivity contribution in [2.75, 3.05) is 18.9 Å². The van der Waals surface area contributed by atoms with E-state index in [9.17, 15) is 37.9 Å². The number of pyridine rings is 1. The van der Waals surface area contributed by atoms with Crippen molar-refractivity contribution in [1.29, 1.82) is 0 Å². The van der Waals surface area contributed by atoms with E-state index in [1.54, 1.807) is 6.20 Å². The number of hydrogen-bond donors (Lipinski definition) is 6. The van der Waals surface area contributed by atoms with Crippen LogP contribution in [0.5, 0.6) is 0 Å². The van der Waals surface area contributed by atoms with Gasteiger partial charge in [-0.3, -0.25) is 23.7 Å². The van der Waals surface area contributed by atoms with Crippen LogP contribution >= 0.6 is 45.1 Å². The molecule has 1 aliphatic heterocycles. The zero-order valence-corrected chi connectivity index (χ0v) is 26.7. The molecule has 44 heavy (non-hydrogen) atoms. The van der Waals surface area contributed by atoms with E-state index >= 15 is 0 Å². The molecule has 1 saturated heterocycles. The normalized spacial score (nSPS) is 19.4. The van der Waals surface area contributed by atoms with Gasteiger partial charge >= 0.3 is 29.2 Å². The molecule has 2 aromatic rings. The summed E-state index contributed by atoms with van der Waals surface area (Å²) in [5.41, 5.74) is -1.34. The Kier molecular flexibility index (Phi) is 13.6. The molecule has 6 N–H and O–H groups in total. The molecule has 4 atom stereocenters. The SMILES string of the molecule is O=C(CCSSc1ccccn1)NCC#CCc1cn(C2CCC(COP(=O)(O)OP(=O)(O)OP(=O)(O)O)O2)c(=O)[nH]c1=O. The third kappa shape index (κ3) is 13.1. The van der Waals surface area contributed by atoms with Gasteiger partial charge in [-0.05, 0) is 35.8 Å². The second-order valence-electron chi connectivity index (χ2n) is 8.63. The van der Waals surface area contributed by atoms with Crippen LogP contribution in [-0.2, 0) is 42.8 Å². The number of carbonyl (C=O) groups is 1. The number of nitrogens with one attached hydrogen (secondary N) is 2. The monoisotopic (exact) mass is 716 g/mol. The summed E-state index contributed by atoms with van der Waals surface area (Å²) < 4.78 is 52.6. The van der Waals surface area contributed by atoms with Crippen molar-refractivity contribution in [2.45, 2.75) is 43.0 Å². The van der Waals surface area contributed by atoms with Crippen molar-refractivity contribution in [3.63, 3.8) is 0 Å². The first-order valence-corrected chi connectivity index (χ1v) is 19.2. The molecule has 1 fully saturated rings. The molecule has 1 aliphatic rings. The second-order valence-corrected chi connectivity index (χ2v) is 15.5. The van der Waals surface area contributed by atoms with Crippen LogP contribution in [0.15, 0.2) is 45.2 Å². The molecule has 0 aliphatic carbocycles. The fraction of sp³-hybridized carbons (Fsp3) is 0.429. The lowest BCUT2D eigenvalue weighted by atomic mass is 10.2. The van der Waals surface area contributed by atoms with E-state index in [1.165, 1.54) is 27.8 Å². The molecule has 1 amide bonds. The highest BCUT2D eigenvalue weighted by atomic mass is 33.1. The van der Waals surface area contributed by atoms with E-state index in [-0.39, 0.29) is 43.7 Å². The fourth-order valence-corrected chi connectivity index (χ4v) is 8.36. The van der Waals surface area contributed by atoms with Crippen molar-refractivity contribution in [3.05, 3.63) is 57.0 Å². The lowest BCUT2D eigenvalue weighted by molar-refractivity contribution is -0.120. The maximum Gasteiger partial charge on any atom is 0.490 e. The van der Waals surface area contributed by atoms with Crippen LogP contribution in [0.2, 0.25) is 0 Å². The summed E-state index contributed by atoms with van der Waals surface area (Å²) in [6.45, 7) is -0.623. The fourth-order valence-electron chi connectivity index (χ4n) is 3.45. The number of phosphoric acid groups is 3. The molecule has 18 nitrogen and oxygen atoms in total. The van der Waals surface area contributed by atoms with Gasteiger partial charge in [-0.25, -0.2) is 23.5 Å². The van der Waals surface area contributed by atoms with E-state index in [0.29, 0.717) is 5.75 Å². The molecule has 242 valence electrons. The zero-order valence-electron chi connectivity index (χ0n) is 22.4. The van der Waals surface area contributed by atoms with Gasteiger partial charge in [-0.2, -0.15) is 8.62 Å². The Hall–Kier alpha value is -2.07. The number of amides is 1. The molecule has 4 unspecified atom stereocenters. The van der Waals surface area contributed by atoms with Crippen molar-refractivity contribution in [1.82, 2.24) is 19.9 Å². The summed E-state index contributed by atoms with van der Waals surface area (Å²) in [6, 6.07) is 5.56. The Morgan fingerprint density at radius 2 is 1.91 bits per heavy atom. The molecule has 3 heterocycles. The zero-order chi connectivity index (χ0) is 32.4. The number of aromatic amines is 1. The number of rotatable bonds is 15. The minimum Gasteiger partial charge on any atom is -0.352 e. The molecule has 0 spiro atoms. The predicted octanol–water partition coefficient (Wildman–Crippen LogP) is 1.45. The predicted molar refractivity (Wildman–Crippen MR) is 156 cm³/mol. The first kappa shape index (κ1) is 36.4. The number of hydrogen-bond acceptors (Lipinski definition) is 13. The molecule has 0 bridgehead atoms. The molecular formula is C21H27N4O14P3S2. The summed E-state index contributed by atoms with van der Waals surface area (Å²) in [6.07, 6.45) is 1.71. The summed E-state index contributed by atoms with van der Waals surface area (Å²) in [5.74, 6) is 5.86. The molecule has 23 heteroatoms. The van der Waals surface area contributed by atoms with Crippen LogP contribution < -0.4 is 16.6 Å². The van der Waals surface area contributed by atoms with E-state index in [0.717, 1.165) is 9.59 Å². The Labute approximate surface area is 257 Å². The Bertz CT molecular complexity index is 1620. The van der Waals surface area contributed by atoms with Gasteiger partial charge in [0.05, 0.1) is 19.3 Å². The topological polar surface area (TPSA) is 266 Å². The number of phosphoric ester groups is 1. The van der Waals surface area contributed by atoms with Crippen molar-refractivity contribution >= 4 is 51.0 Å². The van der Waals surface area contributed by atoms with E-state index in [4.69, 9.17) is 14.5 Å². The van der Waals surface area contributed by atoms with E-state index in [2.05, 4.69) is 40.3 Å². The molecule has 0 radical (unpaired) electrons. The third-order valence-corrected chi connectivity index (χ3v) is 11.3. The molecular weight excluding hydrogens is 689 g/mol. The Morgan fingerprint density at radius 1 is 1.14 bits per heavy atom. The highest BCUT2D eigenvalue weighted by Gasteiger charge is 2.41. The highest BCUT2D eigenvalue weighted by molar-refractivity contribution is 8.76. The van der Waals surface area contributed by atoms with Gasteiger partial charge in [0.2, 0.25) is 5.91 Å². The minimum absolute atomic E-state index is 0.0513. The van der Waals surface area contributed by atoms with E-state index < -0.39 is 53.7 Å². The van der Waals surface area contributed by atoms with Crippen molar-refractivity contribution < 1.29 is 55.9 Å². The van der Waals surface area contributed by atoms with Gasteiger partial charge in [-0.1, -0.05) is 28.7 Å². The first-order chi connectivity index (χ1) is 20.6. The smallest absolute Gasteiger partial charge is 0.352 e. The summed E-state index contributed by atoms with van der Waals surface area (Å²) in [7, 11) is -13.6. The molecule has 0 saturated carbocycles. The number of aromatic nitrogens is 3. The summed E-state index contributed by atoms with van der Waals surface area (Å²) in [5, 5.41) is 3.50. The molecule has 0 aromatic carbocycles. The summed E-state index contributed by atoms with van der Waals surface area (Å²) >= 11 is 0. The standard InChI is InChI=1S/C21H27N4O14P3S2/c26-17(9-12-43-44-18-6-2-4-11-23-18)22-10-3-1-5-15-13-25(21(28)24-20(15)27)19-8-7-16(37-19)14-36-41(32,33)39-42(34,35)38-40(29,30)31/h2,4,6,11,13,16,19H,5,7-10,12,14H2,(H,22,26)(H,32,33)(H,34,35)(H,24,27,28)(H2,29,30,31). The number of H-pyrrole nitrogens is 1. The lowest BCUT2D eigenvalue weighted by Gasteiger charge is -2.19. The van der Waals surface area contributed by atoms with Gasteiger partial charge in [0.25, 0.3) is 5.56 Å². The van der Waals surface area contributed by atoms with Crippen LogP contribution in [0.1, 0.15) is 31.1 Å². The average molecular weight is 717 g/mol. The quantitative estimate of drug-likeness (QED) is 0.0659. The summed E-state index contributed by atoms with van der Waals surface area (Å²) in [4.78, 5) is 78.9. The average Bonchev–Trinajstić information content (AvgIpc) is 3.38. The lowest BCUT2D eigenvalue weighted by Crippen LogP contribution is -2.34. The number of carbonyl (C=O) groups excluding carboxylic acids is 1. The Balaban J connectivity index is 1.45. The van der Waals surface area contributed by atoms with Crippen LogP contribution in [0.25, 0.3) is 0 Å². The maximum atomic E-state index is 12.4. The first-order valence-electron chi connectivity index (χ1n) is 12.3. The van der Waals surface area contributed by atoms with Crippen molar-refractivity contribution in [3.8, 4) is 11.8 Å². The van der Waals surface area contributed by atoms with Crippen LogP contribution in [-0.4, -0.2) is 65.0 Å². The third-order valence-electron chi connectivity index (χ3n) is 5.25.